The third-order valence-electron chi connectivity index (χ3n) is 5.22. The molecule has 2 aromatic carbocycles. The van der Waals surface area contributed by atoms with Crippen LogP contribution in [0.4, 0.5) is 5.69 Å². The number of nitrogens with zero attached hydrogens (tertiary/aromatic N) is 2. The Morgan fingerprint density at radius 3 is 2.64 bits per heavy atom. The Bertz CT molecular complexity index is 1330. The van der Waals surface area contributed by atoms with Crippen LogP contribution in [-0.2, 0) is 11.3 Å². The molecule has 1 amide bonds. The number of thiophene rings is 1. The van der Waals surface area contributed by atoms with Crippen molar-refractivity contribution in [3.05, 3.63) is 81.5 Å². The van der Waals surface area contributed by atoms with E-state index in [0.717, 1.165) is 22.6 Å². The zero-order chi connectivity index (χ0) is 23.4. The van der Waals surface area contributed by atoms with Crippen LogP contribution in [0.2, 0.25) is 0 Å². The van der Waals surface area contributed by atoms with Gasteiger partial charge in [-0.05, 0) is 46.7 Å². The number of carbonyl (C=O) groups is 1. The Labute approximate surface area is 200 Å². The summed E-state index contributed by atoms with van der Waals surface area (Å²) in [5, 5.41) is 5.39. The van der Waals surface area contributed by atoms with E-state index in [-0.39, 0.29) is 17.2 Å². The Kier molecular flexibility index (Phi) is 7.15. The van der Waals surface area contributed by atoms with E-state index in [1.165, 1.54) is 23.1 Å². The molecule has 0 saturated carbocycles. The molecule has 4 rings (SSSR count). The summed E-state index contributed by atoms with van der Waals surface area (Å²) in [7, 11) is 1.62. The molecule has 6 nitrogen and oxygen atoms in total. The molecule has 0 bridgehead atoms. The number of hydrogen-bond donors (Lipinski definition) is 1. The molecule has 0 saturated heterocycles. The number of aromatic nitrogens is 2. The van der Waals surface area contributed by atoms with Gasteiger partial charge >= 0.3 is 0 Å². The van der Waals surface area contributed by atoms with Crippen LogP contribution in [0.5, 0.6) is 5.75 Å². The monoisotopic (exact) mass is 479 g/mol. The van der Waals surface area contributed by atoms with Gasteiger partial charge in [0.15, 0.2) is 5.16 Å². The number of ether oxygens (including phenoxy) is 1. The molecular weight excluding hydrogens is 454 g/mol. The fraction of sp³-hybridized carbons (Fsp3) is 0.240. The van der Waals surface area contributed by atoms with Gasteiger partial charge in [-0.1, -0.05) is 55.9 Å². The van der Waals surface area contributed by atoms with E-state index >= 15 is 0 Å². The molecule has 0 aliphatic carbocycles. The van der Waals surface area contributed by atoms with Crippen LogP contribution in [0.25, 0.3) is 10.2 Å². The minimum atomic E-state index is -0.135. The highest BCUT2D eigenvalue weighted by molar-refractivity contribution is 7.99. The van der Waals surface area contributed by atoms with E-state index < -0.39 is 0 Å². The second kappa shape index (κ2) is 10.2. The first kappa shape index (κ1) is 23.1. The molecule has 4 aromatic rings. The highest BCUT2D eigenvalue weighted by Crippen LogP contribution is 2.25. The summed E-state index contributed by atoms with van der Waals surface area (Å²) in [6.45, 7) is 4.55. The van der Waals surface area contributed by atoms with Gasteiger partial charge in [-0.2, -0.15) is 0 Å². The maximum absolute atomic E-state index is 13.2. The average Bonchev–Trinajstić information content (AvgIpc) is 3.29. The van der Waals surface area contributed by atoms with Gasteiger partial charge in [-0.3, -0.25) is 14.2 Å². The number of benzene rings is 2. The SMILES string of the molecule is COc1ccc(Cn2c(SCC(=O)Nc3ccccc3C(C)C)nc3ccsc3c2=O)cc1. The lowest BCUT2D eigenvalue weighted by Gasteiger charge is -2.14. The Morgan fingerprint density at radius 2 is 1.91 bits per heavy atom. The van der Waals surface area contributed by atoms with Gasteiger partial charge in [0, 0.05) is 5.69 Å². The van der Waals surface area contributed by atoms with Gasteiger partial charge in [-0.25, -0.2) is 4.98 Å². The standard InChI is InChI=1S/C25H25N3O3S2/c1-16(2)19-6-4-5-7-20(19)26-22(29)15-33-25-27-21-12-13-32-23(21)24(30)28(25)14-17-8-10-18(31-3)11-9-17/h4-13,16H,14-15H2,1-3H3,(H,26,29). The van der Waals surface area contributed by atoms with Gasteiger partial charge in [0.1, 0.15) is 10.4 Å². The first-order chi connectivity index (χ1) is 16.0. The molecule has 33 heavy (non-hydrogen) atoms. The molecule has 0 fully saturated rings. The number of amides is 1. The van der Waals surface area contributed by atoms with Crippen molar-refractivity contribution in [1.29, 1.82) is 0 Å². The number of thioether (sulfide) groups is 1. The molecular formula is C25H25N3O3S2. The Hall–Kier alpha value is -3.10. The molecule has 2 aromatic heterocycles. The molecule has 170 valence electrons. The maximum Gasteiger partial charge on any atom is 0.272 e. The Balaban J connectivity index is 1.57. The summed E-state index contributed by atoms with van der Waals surface area (Å²) < 4.78 is 7.48. The molecule has 8 heteroatoms. The minimum absolute atomic E-state index is 0.0983. The van der Waals surface area contributed by atoms with E-state index in [9.17, 15) is 9.59 Å². The number of anilines is 1. The quantitative estimate of drug-likeness (QED) is 0.272. The minimum Gasteiger partial charge on any atom is -0.497 e. The second-order valence-corrected chi connectivity index (χ2v) is 9.71. The molecule has 0 unspecified atom stereocenters. The zero-order valence-electron chi connectivity index (χ0n) is 18.7. The van der Waals surface area contributed by atoms with Crippen molar-refractivity contribution in [3.63, 3.8) is 0 Å². The number of nitrogens with one attached hydrogen (secondary N) is 1. The summed E-state index contributed by atoms with van der Waals surface area (Å²) >= 11 is 2.65. The van der Waals surface area contributed by atoms with Gasteiger partial charge in [-0.15, -0.1) is 11.3 Å². The van der Waals surface area contributed by atoms with E-state index in [4.69, 9.17) is 4.74 Å². The maximum atomic E-state index is 13.2. The molecule has 0 atom stereocenters. The van der Waals surface area contributed by atoms with Crippen LogP contribution in [0.1, 0.15) is 30.9 Å². The average molecular weight is 480 g/mol. The normalized spacial score (nSPS) is 11.2. The second-order valence-electron chi connectivity index (χ2n) is 7.85. The summed E-state index contributed by atoms with van der Waals surface area (Å²) in [6, 6.07) is 17.2. The third kappa shape index (κ3) is 5.29. The number of rotatable bonds is 8. The molecule has 0 spiro atoms. The van der Waals surface area contributed by atoms with Crippen LogP contribution >= 0.6 is 23.1 Å². The van der Waals surface area contributed by atoms with Gasteiger partial charge in [0.25, 0.3) is 5.56 Å². The van der Waals surface area contributed by atoms with Crippen molar-refractivity contribution in [2.45, 2.75) is 31.5 Å². The molecule has 1 N–H and O–H groups in total. The van der Waals surface area contributed by atoms with Crippen LogP contribution in [0.3, 0.4) is 0 Å². The van der Waals surface area contributed by atoms with Crippen molar-refractivity contribution < 1.29 is 9.53 Å². The third-order valence-corrected chi connectivity index (χ3v) is 7.09. The number of para-hydroxylation sites is 1. The van der Waals surface area contributed by atoms with E-state index in [0.29, 0.717) is 27.8 Å². The van der Waals surface area contributed by atoms with Crippen LogP contribution in [0.15, 0.2) is 69.9 Å². The van der Waals surface area contributed by atoms with Gasteiger partial charge in [0.05, 0.1) is 24.9 Å². The van der Waals surface area contributed by atoms with E-state index in [1.807, 2.05) is 60.0 Å². The number of hydrogen-bond acceptors (Lipinski definition) is 6. The van der Waals surface area contributed by atoms with Crippen molar-refractivity contribution in [2.24, 2.45) is 0 Å². The summed E-state index contributed by atoms with van der Waals surface area (Å²) in [4.78, 5) is 30.6. The largest absolute Gasteiger partial charge is 0.497 e. The smallest absolute Gasteiger partial charge is 0.272 e. The fourth-order valence-electron chi connectivity index (χ4n) is 3.52. The van der Waals surface area contributed by atoms with Crippen molar-refractivity contribution in [2.75, 3.05) is 18.2 Å². The number of fused-ring (bicyclic) bond motifs is 1. The molecule has 2 heterocycles. The summed E-state index contributed by atoms with van der Waals surface area (Å²) in [5.41, 5.74) is 3.41. The summed E-state index contributed by atoms with van der Waals surface area (Å²) in [5.74, 6) is 1.07. The zero-order valence-corrected chi connectivity index (χ0v) is 20.3. The first-order valence-corrected chi connectivity index (χ1v) is 12.5. The first-order valence-electron chi connectivity index (χ1n) is 10.6. The van der Waals surface area contributed by atoms with Gasteiger partial charge < -0.3 is 10.1 Å². The lowest BCUT2D eigenvalue weighted by molar-refractivity contribution is -0.113. The fourth-order valence-corrected chi connectivity index (χ4v) is 5.09. The number of carbonyl (C=O) groups excluding carboxylic acids is 1. The lowest BCUT2D eigenvalue weighted by atomic mass is 10.0. The summed E-state index contributed by atoms with van der Waals surface area (Å²) in [6.07, 6.45) is 0. The molecule has 0 radical (unpaired) electrons. The van der Waals surface area contributed by atoms with Crippen molar-refractivity contribution in [3.8, 4) is 5.75 Å². The predicted octanol–water partition coefficient (Wildman–Crippen LogP) is 5.37. The van der Waals surface area contributed by atoms with Crippen LogP contribution < -0.4 is 15.6 Å². The van der Waals surface area contributed by atoms with Crippen molar-refractivity contribution >= 4 is 44.9 Å². The highest BCUT2D eigenvalue weighted by atomic mass is 32.2. The van der Waals surface area contributed by atoms with Crippen LogP contribution in [-0.4, -0.2) is 28.3 Å². The highest BCUT2D eigenvalue weighted by Gasteiger charge is 2.16. The predicted molar refractivity (Wildman–Crippen MR) is 136 cm³/mol. The molecule has 0 aliphatic rings. The molecule has 0 aliphatic heterocycles. The lowest BCUT2D eigenvalue weighted by Crippen LogP contribution is -2.24. The van der Waals surface area contributed by atoms with Crippen LogP contribution in [0, 0.1) is 0 Å². The van der Waals surface area contributed by atoms with E-state index in [2.05, 4.69) is 24.1 Å². The van der Waals surface area contributed by atoms with E-state index in [1.54, 1.807) is 11.7 Å². The van der Waals surface area contributed by atoms with Crippen molar-refractivity contribution in [1.82, 2.24) is 9.55 Å². The Morgan fingerprint density at radius 1 is 1.15 bits per heavy atom. The number of methoxy groups -OCH3 is 1. The van der Waals surface area contributed by atoms with Gasteiger partial charge in [0.2, 0.25) is 5.91 Å². The topological polar surface area (TPSA) is 73.2 Å².